The third-order valence-corrected chi connectivity index (χ3v) is 7.07. The molecule has 3 aliphatic rings. The molecule has 28 heavy (non-hydrogen) atoms. The van der Waals surface area contributed by atoms with Crippen LogP contribution in [-0.4, -0.2) is 31.0 Å². The molecule has 3 heteroatoms. The summed E-state index contributed by atoms with van der Waals surface area (Å²) in [4.78, 5) is 0. The lowest BCUT2D eigenvalue weighted by molar-refractivity contribution is -0.698. The van der Waals surface area contributed by atoms with Gasteiger partial charge in [-0.15, -0.1) is 0 Å². The van der Waals surface area contributed by atoms with Crippen molar-refractivity contribution in [3.05, 3.63) is 47.0 Å². The molecule has 1 aromatic rings. The van der Waals surface area contributed by atoms with Crippen molar-refractivity contribution in [2.45, 2.75) is 66.0 Å². The van der Waals surface area contributed by atoms with Gasteiger partial charge in [0.15, 0.2) is 0 Å². The van der Waals surface area contributed by atoms with E-state index in [1.807, 2.05) is 0 Å². The number of hydrogen-bond donors (Lipinski definition) is 2. The first kappa shape index (κ1) is 21.5. The summed E-state index contributed by atoms with van der Waals surface area (Å²) < 4.78 is 5.88. The maximum atomic E-state index is 10.3. The van der Waals surface area contributed by atoms with Gasteiger partial charge in [0.05, 0.1) is 13.2 Å². The molecule has 1 saturated carbocycles. The minimum Gasteiger partial charge on any atom is -0.385 e. The van der Waals surface area contributed by atoms with Crippen LogP contribution in [0.15, 0.2) is 35.9 Å². The summed E-state index contributed by atoms with van der Waals surface area (Å²) in [5.41, 5.74) is 4.62. The zero-order chi connectivity index (χ0) is 20.3. The molecule has 1 fully saturated rings. The Balaban J connectivity index is 1.36. The minimum absolute atomic E-state index is 0.344. The van der Waals surface area contributed by atoms with E-state index in [0.717, 1.165) is 12.3 Å². The summed E-state index contributed by atoms with van der Waals surface area (Å²) in [6.07, 6.45) is 5.61. The van der Waals surface area contributed by atoms with E-state index in [1.54, 1.807) is 0 Å². The molecule has 0 aliphatic heterocycles. The van der Waals surface area contributed by atoms with Gasteiger partial charge in [-0.1, -0.05) is 58.0 Å². The van der Waals surface area contributed by atoms with Crippen molar-refractivity contribution in [3.63, 3.8) is 0 Å². The van der Waals surface area contributed by atoms with E-state index >= 15 is 0 Å². The second-order valence-electron chi connectivity index (χ2n) is 10.1. The van der Waals surface area contributed by atoms with E-state index in [1.165, 1.54) is 29.5 Å². The van der Waals surface area contributed by atoms with Gasteiger partial charge in [-0.2, -0.15) is 0 Å². The molecule has 0 heterocycles. The first-order chi connectivity index (χ1) is 13.3. The Kier molecular flexibility index (Phi) is 7.01. The van der Waals surface area contributed by atoms with E-state index < -0.39 is 6.10 Å². The summed E-state index contributed by atoms with van der Waals surface area (Å²) in [5.74, 6) is 2.24. The zero-order valence-electron chi connectivity index (χ0n) is 18.4. The Morgan fingerprint density at radius 2 is 1.89 bits per heavy atom. The Labute approximate surface area is 171 Å². The molecule has 0 radical (unpaired) electrons. The summed E-state index contributed by atoms with van der Waals surface area (Å²) >= 11 is 0. The molecule has 3 N–H and O–H groups in total. The molecule has 156 valence electrons. The van der Waals surface area contributed by atoms with Crippen molar-refractivity contribution in [2.24, 2.45) is 23.2 Å². The highest BCUT2D eigenvalue weighted by molar-refractivity contribution is 5.24. The number of quaternary nitrogens is 1. The highest BCUT2D eigenvalue weighted by atomic mass is 16.5. The number of fused-ring (bicyclic) bond motifs is 1. The lowest BCUT2D eigenvalue weighted by atomic mass is 9.49. The van der Waals surface area contributed by atoms with Crippen molar-refractivity contribution >= 4 is 0 Å². The zero-order valence-corrected chi connectivity index (χ0v) is 18.4. The molecule has 0 aromatic heterocycles. The summed E-state index contributed by atoms with van der Waals surface area (Å²) in [5, 5.41) is 12.5. The van der Waals surface area contributed by atoms with Crippen LogP contribution < -0.4 is 5.32 Å². The quantitative estimate of drug-likeness (QED) is 0.600. The molecule has 3 aliphatic carbocycles. The summed E-state index contributed by atoms with van der Waals surface area (Å²) in [7, 11) is 0. The largest absolute Gasteiger partial charge is 0.385 e. The lowest BCUT2D eigenvalue weighted by Crippen LogP contribution is -2.87. The average Bonchev–Trinajstić information content (AvgIpc) is 2.66. The van der Waals surface area contributed by atoms with Crippen LogP contribution in [0.2, 0.25) is 0 Å². The summed E-state index contributed by atoms with van der Waals surface area (Å²) in [6, 6.07) is 9.28. The number of aliphatic hydroxyl groups is 1. The van der Waals surface area contributed by atoms with Crippen LogP contribution in [0.25, 0.3) is 0 Å². The van der Waals surface area contributed by atoms with Gasteiger partial charge < -0.3 is 15.2 Å². The number of allylic oxidation sites excluding steroid dienone is 1. The fourth-order valence-corrected chi connectivity index (χ4v) is 4.95. The smallest absolute Gasteiger partial charge is 0.126 e. The van der Waals surface area contributed by atoms with Gasteiger partial charge in [0.25, 0.3) is 0 Å². The normalized spacial score (nSPS) is 25.2. The molecule has 1 aromatic carbocycles. The second kappa shape index (κ2) is 9.11. The first-order valence-corrected chi connectivity index (χ1v) is 11.1. The van der Waals surface area contributed by atoms with Gasteiger partial charge >= 0.3 is 0 Å². The van der Waals surface area contributed by atoms with Gasteiger partial charge in [-0.3, -0.25) is 0 Å². The molecular formula is C25H40NO2+. The molecule has 2 bridgehead atoms. The number of nitrogens with two attached hydrogens (primary N) is 1. The number of benzene rings is 1. The highest BCUT2D eigenvalue weighted by Crippen LogP contribution is 2.59. The maximum absolute atomic E-state index is 10.3. The average molecular weight is 387 g/mol. The van der Waals surface area contributed by atoms with Gasteiger partial charge in [0, 0.05) is 5.56 Å². The Morgan fingerprint density at radius 1 is 1.18 bits per heavy atom. The van der Waals surface area contributed by atoms with Gasteiger partial charge in [0.1, 0.15) is 18.7 Å². The number of aliphatic hydroxyl groups excluding tert-OH is 1. The molecule has 0 unspecified atom stereocenters. The standard InChI is InChI=1S/C25H39NO2/c1-17(2)12-19-6-8-20(9-7-19)18(3)26-14-23(27)16-28-15-21-10-11-22-13-24(21)25(22,4)5/h6-10,17-18,22-24,26-27H,11-16H2,1-5H3/p+1/t18-,22-,23+,24-/m0/s1. The van der Waals surface area contributed by atoms with Crippen LogP contribution in [0.1, 0.15) is 64.6 Å². The van der Waals surface area contributed by atoms with Crippen LogP contribution in [0.5, 0.6) is 0 Å². The Bertz CT molecular complexity index is 662. The van der Waals surface area contributed by atoms with Crippen molar-refractivity contribution in [1.82, 2.24) is 0 Å². The maximum Gasteiger partial charge on any atom is 0.126 e. The highest BCUT2D eigenvalue weighted by Gasteiger charge is 2.50. The van der Waals surface area contributed by atoms with Crippen molar-refractivity contribution in [2.75, 3.05) is 19.8 Å². The van der Waals surface area contributed by atoms with Crippen molar-refractivity contribution in [1.29, 1.82) is 0 Å². The molecule has 0 amide bonds. The van der Waals surface area contributed by atoms with E-state index in [9.17, 15) is 5.11 Å². The van der Waals surface area contributed by atoms with Crippen LogP contribution in [0.4, 0.5) is 0 Å². The SMILES string of the molecule is CC(C)Cc1ccc([C@H](C)[NH2+]C[C@@H](O)COCC2=CC[C@H]3C[C@@H]2C3(C)C)cc1. The number of rotatable bonds is 10. The number of ether oxygens (including phenoxy) is 1. The monoisotopic (exact) mass is 386 g/mol. The molecule has 0 spiro atoms. The first-order valence-electron chi connectivity index (χ1n) is 11.1. The van der Waals surface area contributed by atoms with Crippen LogP contribution in [0, 0.1) is 23.2 Å². The Morgan fingerprint density at radius 3 is 2.50 bits per heavy atom. The minimum atomic E-state index is -0.422. The van der Waals surface area contributed by atoms with Crippen molar-refractivity contribution < 1.29 is 15.2 Å². The molecule has 4 rings (SSSR count). The van der Waals surface area contributed by atoms with E-state index in [4.69, 9.17) is 4.74 Å². The fourth-order valence-electron chi connectivity index (χ4n) is 4.95. The lowest BCUT2D eigenvalue weighted by Gasteiger charge is -2.56. The molecule has 4 atom stereocenters. The van der Waals surface area contributed by atoms with E-state index in [2.05, 4.69) is 70.3 Å². The van der Waals surface area contributed by atoms with Crippen LogP contribution >= 0.6 is 0 Å². The van der Waals surface area contributed by atoms with Gasteiger partial charge in [-0.05, 0) is 60.5 Å². The van der Waals surface area contributed by atoms with Crippen LogP contribution in [-0.2, 0) is 11.2 Å². The third-order valence-electron chi connectivity index (χ3n) is 7.07. The van der Waals surface area contributed by atoms with Crippen molar-refractivity contribution in [3.8, 4) is 0 Å². The molecule has 0 saturated heterocycles. The van der Waals surface area contributed by atoms with Gasteiger partial charge in [0.2, 0.25) is 0 Å². The third kappa shape index (κ3) is 5.06. The molecular weight excluding hydrogens is 346 g/mol. The topological polar surface area (TPSA) is 46.1 Å². The van der Waals surface area contributed by atoms with Gasteiger partial charge in [-0.25, -0.2) is 0 Å². The van der Waals surface area contributed by atoms with E-state index in [-0.39, 0.29) is 0 Å². The van der Waals surface area contributed by atoms with Crippen LogP contribution in [0.3, 0.4) is 0 Å². The number of hydrogen-bond acceptors (Lipinski definition) is 2. The predicted molar refractivity (Wildman–Crippen MR) is 115 cm³/mol. The fraction of sp³-hybridized carbons (Fsp3) is 0.680. The summed E-state index contributed by atoms with van der Waals surface area (Å²) in [6.45, 7) is 13.3. The second-order valence-corrected chi connectivity index (χ2v) is 10.1. The van der Waals surface area contributed by atoms with E-state index in [0.29, 0.717) is 43.1 Å². The molecule has 3 nitrogen and oxygen atoms in total. The predicted octanol–water partition coefficient (Wildman–Crippen LogP) is 3.88. The Hall–Kier alpha value is -1.16.